The molecule has 1 aromatic heterocycles. The summed E-state index contributed by atoms with van der Waals surface area (Å²) in [7, 11) is 0. The van der Waals surface area contributed by atoms with Crippen LogP contribution < -0.4 is 11.5 Å². The minimum atomic E-state index is 0.185. The minimum Gasteiger partial charge on any atom is -0.383 e. The van der Waals surface area contributed by atoms with Gasteiger partial charge in [-0.2, -0.15) is 4.98 Å². The number of nitrogen functional groups attached to an aromatic ring is 2. The molecule has 2 rings (SSSR count). The van der Waals surface area contributed by atoms with Crippen molar-refractivity contribution in [1.29, 1.82) is 0 Å². The maximum absolute atomic E-state index is 5.88. The molecular weight excluding hydrogens is 252 g/mol. The molecule has 0 saturated carbocycles. The van der Waals surface area contributed by atoms with E-state index in [0.717, 1.165) is 36.1 Å². The van der Waals surface area contributed by atoms with Gasteiger partial charge in [-0.3, -0.25) is 0 Å². The van der Waals surface area contributed by atoms with E-state index < -0.39 is 0 Å². The highest BCUT2D eigenvalue weighted by molar-refractivity contribution is 5.73. The van der Waals surface area contributed by atoms with Crippen molar-refractivity contribution in [3.8, 4) is 11.1 Å². The maximum atomic E-state index is 5.88. The molecule has 0 aliphatic rings. The fraction of sp³-hybridized carbons (Fsp3) is 0.333. The van der Waals surface area contributed by atoms with E-state index in [2.05, 4.69) is 16.9 Å². The van der Waals surface area contributed by atoms with Gasteiger partial charge in [-0.1, -0.05) is 31.5 Å². The van der Waals surface area contributed by atoms with Crippen LogP contribution in [0, 0.1) is 0 Å². The summed E-state index contributed by atoms with van der Waals surface area (Å²) in [5, 5.41) is 0. The molecule has 2 aromatic rings. The fourth-order valence-electron chi connectivity index (χ4n) is 1.90. The van der Waals surface area contributed by atoms with Crippen LogP contribution in [0.25, 0.3) is 11.1 Å². The molecule has 0 amide bonds. The van der Waals surface area contributed by atoms with Gasteiger partial charge in [-0.25, -0.2) is 4.98 Å². The molecule has 0 fully saturated rings. The van der Waals surface area contributed by atoms with Crippen molar-refractivity contribution in [2.45, 2.75) is 26.4 Å². The summed E-state index contributed by atoms with van der Waals surface area (Å²) in [6.07, 6.45) is 3.87. The van der Waals surface area contributed by atoms with Gasteiger partial charge >= 0.3 is 0 Å². The molecule has 20 heavy (non-hydrogen) atoms. The van der Waals surface area contributed by atoms with E-state index in [-0.39, 0.29) is 5.95 Å². The first-order valence-electron chi connectivity index (χ1n) is 6.75. The van der Waals surface area contributed by atoms with Gasteiger partial charge in [0.05, 0.1) is 6.61 Å². The van der Waals surface area contributed by atoms with Crippen LogP contribution in [0.4, 0.5) is 11.8 Å². The quantitative estimate of drug-likeness (QED) is 0.789. The lowest BCUT2D eigenvalue weighted by Gasteiger charge is -2.08. The third kappa shape index (κ3) is 3.68. The van der Waals surface area contributed by atoms with Gasteiger partial charge in [0.2, 0.25) is 5.95 Å². The van der Waals surface area contributed by atoms with Crippen molar-refractivity contribution in [3.63, 3.8) is 0 Å². The van der Waals surface area contributed by atoms with Gasteiger partial charge in [0.1, 0.15) is 5.82 Å². The first kappa shape index (κ1) is 14.3. The summed E-state index contributed by atoms with van der Waals surface area (Å²) in [6, 6.07) is 8.02. The third-order valence-corrected chi connectivity index (χ3v) is 2.99. The third-order valence-electron chi connectivity index (χ3n) is 2.99. The summed E-state index contributed by atoms with van der Waals surface area (Å²) < 4.78 is 5.62. The number of hydrogen-bond acceptors (Lipinski definition) is 5. The van der Waals surface area contributed by atoms with Crippen LogP contribution in [0.15, 0.2) is 30.5 Å². The number of nitrogens with zero attached hydrogens (tertiary/aromatic N) is 2. The molecule has 0 atom stereocenters. The Balaban J connectivity index is 2.12. The number of anilines is 2. The molecule has 0 spiro atoms. The molecule has 1 heterocycles. The van der Waals surface area contributed by atoms with Crippen LogP contribution in [0.3, 0.4) is 0 Å². The van der Waals surface area contributed by atoms with E-state index in [4.69, 9.17) is 16.2 Å². The molecule has 5 nitrogen and oxygen atoms in total. The smallest absolute Gasteiger partial charge is 0.221 e. The maximum Gasteiger partial charge on any atom is 0.221 e. The van der Waals surface area contributed by atoms with Crippen molar-refractivity contribution in [1.82, 2.24) is 9.97 Å². The molecule has 1 aromatic carbocycles. The Labute approximate surface area is 119 Å². The van der Waals surface area contributed by atoms with Crippen molar-refractivity contribution in [3.05, 3.63) is 36.0 Å². The second-order valence-electron chi connectivity index (χ2n) is 4.63. The Morgan fingerprint density at radius 1 is 1.25 bits per heavy atom. The predicted octanol–water partition coefficient (Wildman–Crippen LogP) is 2.62. The van der Waals surface area contributed by atoms with Gasteiger partial charge in [0.15, 0.2) is 0 Å². The molecule has 0 saturated heterocycles. The Morgan fingerprint density at radius 3 is 2.85 bits per heavy atom. The van der Waals surface area contributed by atoms with E-state index in [1.54, 1.807) is 6.20 Å². The predicted molar refractivity (Wildman–Crippen MR) is 80.9 cm³/mol. The summed E-state index contributed by atoms with van der Waals surface area (Å²) in [4.78, 5) is 7.97. The van der Waals surface area contributed by atoms with Gasteiger partial charge in [0.25, 0.3) is 0 Å². The number of rotatable bonds is 6. The summed E-state index contributed by atoms with van der Waals surface area (Å²) in [6.45, 7) is 3.53. The number of hydrogen-bond donors (Lipinski definition) is 2. The summed E-state index contributed by atoms with van der Waals surface area (Å²) in [5.74, 6) is 0.576. The normalized spacial score (nSPS) is 10.7. The zero-order chi connectivity index (χ0) is 14.4. The van der Waals surface area contributed by atoms with Crippen LogP contribution in [0.2, 0.25) is 0 Å². The highest BCUT2D eigenvalue weighted by atomic mass is 16.5. The number of nitrogens with two attached hydrogens (primary N) is 2. The average Bonchev–Trinajstić information content (AvgIpc) is 2.44. The molecule has 0 unspecified atom stereocenters. The van der Waals surface area contributed by atoms with E-state index >= 15 is 0 Å². The first-order chi connectivity index (χ1) is 9.70. The highest BCUT2D eigenvalue weighted by Gasteiger charge is 2.06. The van der Waals surface area contributed by atoms with Gasteiger partial charge in [-0.05, 0) is 23.6 Å². The number of aromatic nitrogens is 2. The molecule has 106 valence electrons. The lowest BCUT2D eigenvalue weighted by atomic mass is 10.1. The Hall–Kier alpha value is -2.14. The lowest BCUT2D eigenvalue weighted by molar-refractivity contribution is 0.118. The lowest BCUT2D eigenvalue weighted by Crippen LogP contribution is -2.01. The van der Waals surface area contributed by atoms with Crippen LogP contribution >= 0.6 is 0 Å². The molecule has 0 radical (unpaired) electrons. The molecule has 4 N–H and O–H groups in total. The topological polar surface area (TPSA) is 87.0 Å². The minimum absolute atomic E-state index is 0.185. The first-order valence-corrected chi connectivity index (χ1v) is 6.75. The van der Waals surface area contributed by atoms with Crippen molar-refractivity contribution < 1.29 is 4.74 Å². The molecular formula is C15H20N4O. The SMILES string of the molecule is CCCCOCc1cccc(-c2cnc(N)nc2N)c1. The van der Waals surface area contributed by atoms with Crippen LogP contribution in [0.1, 0.15) is 25.3 Å². The van der Waals surface area contributed by atoms with E-state index in [1.807, 2.05) is 24.3 Å². The van der Waals surface area contributed by atoms with E-state index in [1.165, 1.54) is 0 Å². The van der Waals surface area contributed by atoms with Gasteiger partial charge in [0, 0.05) is 18.4 Å². The molecule has 0 aliphatic carbocycles. The fourth-order valence-corrected chi connectivity index (χ4v) is 1.90. The van der Waals surface area contributed by atoms with Crippen molar-refractivity contribution in [2.75, 3.05) is 18.1 Å². The zero-order valence-electron chi connectivity index (χ0n) is 11.7. The second kappa shape index (κ2) is 6.86. The van der Waals surface area contributed by atoms with Crippen LogP contribution in [-0.2, 0) is 11.3 Å². The van der Waals surface area contributed by atoms with E-state index in [9.17, 15) is 0 Å². The number of unbranched alkanes of at least 4 members (excludes halogenated alkanes) is 1. The largest absolute Gasteiger partial charge is 0.383 e. The second-order valence-corrected chi connectivity index (χ2v) is 4.63. The highest BCUT2D eigenvalue weighted by Crippen LogP contribution is 2.25. The van der Waals surface area contributed by atoms with Gasteiger partial charge < -0.3 is 16.2 Å². The Kier molecular flexibility index (Phi) is 4.90. The molecule has 0 aliphatic heterocycles. The van der Waals surface area contributed by atoms with Crippen LogP contribution in [0.5, 0.6) is 0 Å². The standard InChI is InChI=1S/C15H20N4O/c1-2-3-7-20-10-11-5-4-6-12(8-11)13-9-18-15(17)19-14(13)16/h4-6,8-9H,2-3,7,10H2,1H3,(H4,16,17,18,19). The molecule has 5 heteroatoms. The van der Waals surface area contributed by atoms with E-state index in [0.29, 0.717) is 12.4 Å². The zero-order valence-corrected chi connectivity index (χ0v) is 11.7. The number of benzene rings is 1. The van der Waals surface area contributed by atoms with Gasteiger partial charge in [-0.15, -0.1) is 0 Å². The average molecular weight is 272 g/mol. The Bertz CT molecular complexity index is 572. The Morgan fingerprint density at radius 2 is 2.10 bits per heavy atom. The summed E-state index contributed by atoms with van der Waals surface area (Å²) >= 11 is 0. The monoisotopic (exact) mass is 272 g/mol. The summed E-state index contributed by atoms with van der Waals surface area (Å²) in [5.41, 5.74) is 14.3. The van der Waals surface area contributed by atoms with Crippen molar-refractivity contribution >= 4 is 11.8 Å². The number of ether oxygens (including phenoxy) is 1. The van der Waals surface area contributed by atoms with Crippen LogP contribution in [-0.4, -0.2) is 16.6 Å². The van der Waals surface area contributed by atoms with Crippen molar-refractivity contribution in [2.24, 2.45) is 0 Å². The molecule has 0 bridgehead atoms.